The number of carbonyl (C=O) groups is 1. The van der Waals surface area contributed by atoms with E-state index in [-0.39, 0.29) is 12.5 Å². The molecule has 1 aliphatic rings. The molecule has 0 spiro atoms. The third kappa shape index (κ3) is 3.79. The van der Waals surface area contributed by atoms with Crippen LogP contribution in [0.1, 0.15) is 0 Å². The van der Waals surface area contributed by atoms with Crippen LogP contribution in [0, 0.1) is 11.5 Å². The SMILES string of the molecule is N#CN1CCOC(C(=O)Nc2cc(-c3ccc(Cl)cc3)ncn2)C1. The minimum absolute atomic E-state index is 0.234. The Bertz CT molecular complexity index is 775. The molecule has 1 saturated heterocycles. The second-order valence-corrected chi connectivity index (χ2v) is 5.63. The first-order chi connectivity index (χ1) is 11.7. The second kappa shape index (κ2) is 7.25. The van der Waals surface area contributed by atoms with E-state index in [1.165, 1.54) is 11.2 Å². The van der Waals surface area contributed by atoms with Gasteiger partial charge in [0.2, 0.25) is 0 Å². The van der Waals surface area contributed by atoms with Crippen molar-refractivity contribution in [2.45, 2.75) is 6.10 Å². The standard InChI is InChI=1S/C16H14ClN5O2/c17-12-3-1-11(2-4-12)13-7-15(20-10-19-13)21-16(23)14-8-22(9-18)5-6-24-14/h1-4,7,10,14H,5-6,8H2,(H,19,20,21,23). The van der Waals surface area contributed by atoms with Gasteiger partial charge in [0.15, 0.2) is 12.3 Å². The summed E-state index contributed by atoms with van der Waals surface area (Å²) in [5.41, 5.74) is 1.53. The summed E-state index contributed by atoms with van der Waals surface area (Å²) >= 11 is 5.88. The molecule has 2 aromatic rings. The zero-order valence-electron chi connectivity index (χ0n) is 12.6. The number of nitrogens with one attached hydrogen (secondary N) is 1. The van der Waals surface area contributed by atoms with E-state index in [4.69, 9.17) is 21.6 Å². The largest absolute Gasteiger partial charge is 0.365 e. The van der Waals surface area contributed by atoms with Gasteiger partial charge in [0.25, 0.3) is 5.91 Å². The third-order valence-corrected chi connectivity index (χ3v) is 3.81. The van der Waals surface area contributed by atoms with Crippen LogP contribution in [0.5, 0.6) is 0 Å². The molecule has 122 valence electrons. The number of aromatic nitrogens is 2. The minimum atomic E-state index is -0.702. The predicted octanol–water partition coefficient (Wildman–Crippen LogP) is 1.92. The molecule has 1 fully saturated rings. The highest BCUT2D eigenvalue weighted by Crippen LogP contribution is 2.21. The van der Waals surface area contributed by atoms with Gasteiger partial charge in [-0.05, 0) is 12.1 Å². The fourth-order valence-electron chi connectivity index (χ4n) is 2.31. The van der Waals surface area contributed by atoms with Gasteiger partial charge in [-0.25, -0.2) is 9.97 Å². The summed E-state index contributed by atoms with van der Waals surface area (Å²) in [6, 6.07) is 8.88. The van der Waals surface area contributed by atoms with Gasteiger partial charge in [-0.15, -0.1) is 0 Å². The van der Waals surface area contributed by atoms with Gasteiger partial charge in [-0.3, -0.25) is 4.79 Å². The summed E-state index contributed by atoms with van der Waals surface area (Å²) in [5, 5.41) is 12.3. The molecular weight excluding hydrogens is 330 g/mol. The maximum Gasteiger partial charge on any atom is 0.256 e. The Kier molecular flexibility index (Phi) is 4.89. The van der Waals surface area contributed by atoms with Crippen molar-refractivity contribution in [3.8, 4) is 17.5 Å². The van der Waals surface area contributed by atoms with Crippen LogP contribution < -0.4 is 5.32 Å². The number of hydrogen-bond donors (Lipinski definition) is 1. The molecule has 1 atom stereocenters. The van der Waals surface area contributed by atoms with E-state index in [2.05, 4.69) is 15.3 Å². The molecule has 1 N–H and O–H groups in total. The van der Waals surface area contributed by atoms with Gasteiger partial charge in [0, 0.05) is 16.7 Å². The number of halogens is 1. The zero-order valence-corrected chi connectivity index (χ0v) is 13.4. The molecule has 2 heterocycles. The first-order valence-corrected chi connectivity index (χ1v) is 7.68. The van der Waals surface area contributed by atoms with E-state index in [0.29, 0.717) is 29.7 Å². The van der Waals surface area contributed by atoms with Crippen LogP contribution in [-0.4, -0.2) is 46.6 Å². The molecule has 3 rings (SSSR count). The highest BCUT2D eigenvalue weighted by molar-refractivity contribution is 6.30. The van der Waals surface area contributed by atoms with Crippen LogP contribution in [0.3, 0.4) is 0 Å². The van der Waals surface area contributed by atoms with Gasteiger partial charge in [-0.1, -0.05) is 23.7 Å². The zero-order chi connectivity index (χ0) is 16.9. The number of rotatable bonds is 3. The summed E-state index contributed by atoms with van der Waals surface area (Å²) in [4.78, 5) is 22.0. The first-order valence-electron chi connectivity index (χ1n) is 7.31. The number of nitrogens with zero attached hydrogens (tertiary/aromatic N) is 4. The monoisotopic (exact) mass is 343 g/mol. The van der Waals surface area contributed by atoms with E-state index in [9.17, 15) is 4.79 Å². The van der Waals surface area contributed by atoms with Crippen LogP contribution in [0.4, 0.5) is 5.82 Å². The predicted molar refractivity (Wildman–Crippen MR) is 88.0 cm³/mol. The van der Waals surface area contributed by atoms with E-state index in [1.54, 1.807) is 18.2 Å². The third-order valence-electron chi connectivity index (χ3n) is 3.56. The maximum absolute atomic E-state index is 12.3. The molecule has 0 saturated carbocycles. The molecule has 1 aromatic carbocycles. The van der Waals surface area contributed by atoms with Gasteiger partial charge < -0.3 is 15.0 Å². The summed E-state index contributed by atoms with van der Waals surface area (Å²) in [6.45, 7) is 1.07. The Morgan fingerprint density at radius 1 is 1.38 bits per heavy atom. The Hall–Kier alpha value is -2.69. The van der Waals surface area contributed by atoms with E-state index < -0.39 is 6.10 Å². The highest BCUT2D eigenvalue weighted by Gasteiger charge is 2.26. The lowest BCUT2D eigenvalue weighted by Crippen LogP contribution is -2.46. The fourth-order valence-corrected chi connectivity index (χ4v) is 2.44. The summed E-state index contributed by atoms with van der Waals surface area (Å²) in [6.07, 6.45) is 2.70. The van der Waals surface area contributed by atoms with Gasteiger partial charge >= 0.3 is 0 Å². The quantitative estimate of drug-likeness (QED) is 0.856. The molecule has 0 radical (unpaired) electrons. The topological polar surface area (TPSA) is 91.1 Å². The lowest BCUT2D eigenvalue weighted by molar-refractivity contribution is -0.131. The molecule has 0 bridgehead atoms. The average Bonchev–Trinajstić information content (AvgIpc) is 2.62. The van der Waals surface area contributed by atoms with Crippen LogP contribution in [-0.2, 0) is 9.53 Å². The van der Waals surface area contributed by atoms with Crippen molar-refractivity contribution in [1.82, 2.24) is 14.9 Å². The van der Waals surface area contributed by atoms with Gasteiger partial charge in [0.05, 0.1) is 25.4 Å². The Labute approximate surface area is 143 Å². The van der Waals surface area contributed by atoms with Crippen molar-refractivity contribution in [2.24, 2.45) is 0 Å². The van der Waals surface area contributed by atoms with Crippen LogP contribution in [0.25, 0.3) is 11.3 Å². The normalized spacial score (nSPS) is 17.2. The molecule has 0 aliphatic carbocycles. The van der Waals surface area contributed by atoms with Crippen LogP contribution >= 0.6 is 11.6 Å². The van der Waals surface area contributed by atoms with Crippen molar-refractivity contribution >= 4 is 23.3 Å². The molecule has 1 unspecified atom stereocenters. The van der Waals surface area contributed by atoms with Crippen LogP contribution in [0.2, 0.25) is 5.02 Å². The summed E-state index contributed by atoms with van der Waals surface area (Å²) in [7, 11) is 0. The Balaban J connectivity index is 1.71. The smallest absolute Gasteiger partial charge is 0.256 e. The fraction of sp³-hybridized carbons (Fsp3) is 0.250. The molecule has 1 aromatic heterocycles. The van der Waals surface area contributed by atoms with Gasteiger partial charge in [0.1, 0.15) is 12.1 Å². The number of nitriles is 1. The second-order valence-electron chi connectivity index (χ2n) is 5.19. The molecule has 8 heteroatoms. The number of benzene rings is 1. The number of anilines is 1. The van der Waals surface area contributed by atoms with E-state index in [1.807, 2.05) is 18.3 Å². The molecule has 1 amide bonds. The summed E-state index contributed by atoms with van der Waals surface area (Å²) < 4.78 is 5.41. The van der Waals surface area contributed by atoms with E-state index >= 15 is 0 Å². The van der Waals surface area contributed by atoms with Gasteiger partial charge in [-0.2, -0.15) is 5.26 Å². The lowest BCUT2D eigenvalue weighted by atomic mass is 10.1. The van der Waals surface area contributed by atoms with Crippen molar-refractivity contribution in [3.05, 3.63) is 41.7 Å². The molecule has 7 nitrogen and oxygen atoms in total. The number of morpholine rings is 1. The average molecular weight is 344 g/mol. The van der Waals surface area contributed by atoms with E-state index in [0.717, 1.165) is 5.56 Å². The van der Waals surface area contributed by atoms with Crippen molar-refractivity contribution < 1.29 is 9.53 Å². The molecular formula is C16H14ClN5O2. The summed E-state index contributed by atoms with van der Waals surface area (Å²) in [5.74, 6) is 0.0355. The number of amides is 1. The Morgan fingerprint density at radius 3 is 2.92 bits per heavy atom. The number of hydrogen-bond acceptors (Lipinski definition) is 6. The van der Waals surface area contributed by atoms with Crippen LogP contribution in [0.15, 0.2) is 36.7 Å². The molecule has 24 heavy (non-hydrogen) atoms. The number of ether oxygens (including phenoxy) is 1. The maximum atomic E-state index is 12.3. The lowest BCUT2D eigenvalue weighted by Gasteiger charge is -2.28. The number of carbonyl (C=O) groups excluding carboxylic acids is 1. The molecule has 1 aliphatic heterocycles. The van der Waals surface area contributed by atoms with Crippen molar-refractivity contribution in [3.63, 3.8) is 0 Å². The Morgan fingerprint density at radius 2 is 2.17 bits per heavy atom. The minimum Gasteiger partial charge on any atom is -0.365 e. The van der Waals surface area contributed by atoms with Crippen molar-refractivity contribution in [2.75, 3.05) is 25.0 Å². The highest BCUT2D eigenvalue weighted by atomic mass is 35.5. The first kappa shape index (κ1) is 16.2. The van der Waals surface area contributed by atoms with Crippen molar-refractivity contribution in [1.29, 1.82) is 5.26 Å².